The van der Waals surface area contributed by atoms with Gasteiger partial charge >= 0.3 is 0 Å². The lowest BCUT2D eigenvalue weighted by molar-refractivity contribution is 0.210. The van der Waals surface area contributed by atoms with Gasteiger partial charge in [-0.05, 0) is 0 Å². The van der Waals surface area contributed by atoms with Crippen LogP contribution in [0.5, 0.6) is 0 Å². The number of anilines is 3. The minimum Gasteiger partial charge on any atom is -0.395 e. The maximum Gasteiger partial charge on any atom is 0.227 e. The van der Waals surface area contributed by atoms with Crippen molar-refractivity contribution in [2.45, 2.75) is 0 Å². The summed E-state index contributed by atoms with van der Waals surface area (Å²) in [6, 6.07) is 0. The zero-order valence-electron chi connectivity index (χ0n) is 13.0. The predicted molar refractivity (Wildman–Crippen MR) is 85.4 cm³/mol. The highest BCUT2D eigenvalue weighted by Gasteiger charge is 2.14. The van der Waals surface area contributed by atoms with Crippen LogP contribution in [0.3, 0.4) is 0 Å². The first-order valence-corrected chi connectivity index (χ1v) is 6.95. The fourth-order valence-corrected chi connectivity index (χ4v) is 1.83. The van der Waals surface area contributed by atoms with E-state index < -0.39 is 0 Å². The van der Waals surface area contributed by atoms with Crippen molar-refractivity contribution in [2.75, 3.05) is 63.0 Å². The molecular formula is C13H21N7O2. The van der Waals surface area contributed by atoms with Crippen LogP contribution in [0.2, 0.25) is 0 Å². The molecule has 0 atom stereocenters. The van der Waals surface area contributed by atoms with Gasteiger partial charge in [-0.1, -0.05) is 0 Å². The molecule has 2 aromatic heterocycles. The minimum atomic E-state index is 0.00998. The monoisotopic (exact) mass is 307 g/mol. The molecule has 0 radical (unpaired) electrons. The Bertz CT molecular complexity index is 621. The highest BCUT2D eigenvalue weighted by Crippen LogP contribution is 2.24. The van der Waals surface area contributed by atoms with Gasteiger partial charge < -0.3 is 25.4 Å². The molecule has 120 valence electrons. The highest BCUT2D eigenvalue weighted by molar-refractivity contribution is 5.93. The summed E-state index contributed by atoms with van der Waals surface area (Å²) in [5, 5.41) is 15.2. The lowest BCUT2D eigenvalue weighted by atomic mass is 10.3. The summed E-state index contributed by atoms with van der Waals surface area (Å²) in [4.78, 5) is 19.2. The van der Waals surface area contributed by atoms with Crippen molar-refractivity contribution < 1.29 is 9.84 Å². The minimum absolute atomic E-state index is 0.00998. The van der Waals surface area contributed by atoms with Gasteiger partial charge in [0.25, 0.3) is 0 Å². The number of hydrogen-bond acceptors (Lipinski definition) is 9. The van der Waals surface area contributed by atoms with E-state index in [1.165, 1.54) is 6.33 Å². The molecule has 2 heterocycles. The summed E-state index contributed by atoms with van der Waals surface area (Å²) in [6.45, 7) is 1.57. The molecule has 0 aliphatic heterocycles. The van der Waals surface area contributed by atoms with Crippen molar-refractivity contribution in [3.05, 3.63) is 6.33 Å². The van der Waals surface area contributed by atoms with Crippen molar-refractivity contribution in [2.24, 2.45) is 0 Å². The first kappa shape index (κ1) is 16.1. The maximum atomic E-state index is 8.97. The van der Waals surface area contributed by atoms with E-state index in [-0.39, 0.29) is 6.61 Å². The van der Waals surface area contributed by atoms with Crippen LogP contribution in [0, 0.1) is 0 Å². The Hall–Kier alpha value is -2.26. The van der Waals surface area contributed by atoms with E-state index in [1.807, 2.05) is 19.0 Å². The average Bonchev–Trinajstić information content (AvgIpc) is 2.52. The fourth-order valence-electron chi connectivity index (χ4n) is 1.83. The van der Waals surface area contributed by atoms with Crippen LogP contribution >= 0.6 is 0 Å². The number of nitrogens with one attached hydrogen (secondary N) is 2. The molecule has 9 nitrogen and oxygen atoms in total. The zero-order chi connectivity index (χ0) is 15.9. The Labute approximate surface area is 128 Å². The largest absolute Gasteiger partial charge is 0.395 e. The number of aliphatic hydroxyl groups excluding tert-OH is 1. The predicted octanol–water partition coefficient (Wildman–Crippen LogP) is -0.0517. The van der Waals surface area contributed by atoms with Crippen LogP contribution in [-0.4, -0.2) is 72.6 Å². The first-order valence-electron chi connectivity index (χ1n) is 6.95. The summed E-state index contributed by atoms with van der Waals surface area (Å²) in [5.41, 5.74) is 1.23. The standard InChI is InChI=1S/C13H21N7O2/c1-20(2)13-18-10-9(12(19-13)15-5-7-22-3)16-8-17-11(10)14-4-6-21/h8,21H,4-7H2,1-3H3,(H,14,16,17)(H,15,18,19). The maximum absolute atomic E-state index is 8.97. The van der Waals surface area contributed by atoms with Gasteiger partial charge in [0.15, 0.2) is 11.6 Å². The Kier molecular flexibility index (Phi) is 5.61. The van der Waals surface area contributed by atoms with Gasteiger partial charge in [0.2, 0.25) is 5.95 Å². The molecule has 2 rings (SSSR count). The van der Waals surface area contributed by atoms with E-state index in [0.29, 0.717) is 48.3 Å². The first-order chi connectivity index (χ1) is 10.7. The SMILES string of the molecule is COCCNc1nc(N(C)C)nc2c(NCCO)ncnc12. The van der Waals surface area contributed by atoms with Gasteiger partial charge in [0.1, 0.15) is 17.4 Å². The van der Waals surface area contributed by atoms with Crippen LogP contribution in [0.1, 0.15) is 0 Å². The second kappa shape index (κ2) is 7.66. The highest BCUT2D eigenvalue weighted by atomic mass is 16.5. The molecule has 2 aromatic rings. The smallest absolute Gasteiger partial charge is 0.227 e. The van der Waals surface area contributed by atoms with Crippen LogP contribution < -0.4 is 15.5 Å². The van der Waals surface area contributed by atoms with Crippen LogP contribution in [0.15, 0.2) is 6.33 Å². The molecule has 0 saturated heterocycles. The molecule has 22 heavy (non-hydrogen) atoms. The van der Waals surface area contributed by atoms with E-state index in [1.54, 1.807) is 7.11 Å². The van der Waals surface area contributed by atoms with Gasteiger partial charge in [-0.25, -0.2) is 15.0 Å². The van der Waals surface area contributed by atoms with E-state index in [4.69, 9.17) is 9.84 Å². The molecule has 0 aliphatic rings. The third-order valence-electron chi connectivity index (χ3n) is 2.87. The van der Waals surface area contributed by atoms with Crippen LogP contribution in [0.4, 0.5) is 17.6 Å². The van der Waals surface area contributed by atoms with Gasteiger partial charge in [-0.3, -0.25) is 0 Å². The Morgan fingerprint density at radius 2 is 1.86 bits per heavy atom. The van der Waals surface area contributed by atoms with Crippen molar-refractivity contribution in [1.29, 1.82) is 0 Å². The Morgan fingerprint density at radius 3 is 2.55 bits per heavy atom. The Morgan fingerprint density at radius 1 is 1.09 bits per heavy atom. The summed E-state index contributed by atoms with van der Waals surface area (Å²) in [7, 11) is 5.37. The number of rotatable bonds is 8. The topological polar surface area (TPSA) is 108 Å². The van der Waals surface area contributed by atoms with Gasteiger partial charge in [-0.2, -0.15) is 4.98 Å². The van der Waals surface area contributed by atoms with Gasteiger partial charge in [0.05, 0.1) is 13.2 Å². The summed E-state index contributed by atoms with van der Waals surface area (Å²) in [5.74, 6) is 1.74. The molecule has 0 saturated carbocycles. The number of aromatic nitrogens is 4. The lowest BCUT2D eigenvalue weighted by Crippen LogP contribution is -2.17. The number of hydrogen-bond donors (Lipinski definition) is 3. The molecule has 0 aromatic carbocycles. The summed E-state index contributed by atoms with van der Waals surface area (Å²) in [6.07, 6.45) is 1.45. The van der Waals surface area contributed by atoms with E-state index in [2.05, 4.69) is 30.6 Å². The number of fused-ring (bicyclic) bond motifs is 1. The van der Waals surface area contributed by atoms with Crippen LogP contribution in [0.25, 0.3) is 11.0 Å². The number of aliphatic hydroxyl groups is 1. The van der Waals surface area contributed by atoms with Crippen LogP contribution in [-0.2, 0) is 4.74 Å². The third kappa shape index (κ3) is 3.68. The Balaban J connectivity index is 2.47. The molecule has 9 heteroatoms. The molecule has 3 N–H and O–H groups in total. The molecular weight excluding hydrogens is 286 g/mol. The van der Waals surface area contributed by atoms with Gasteiger partial charge in [-0.15, -0.1) is 0 Å². The molecule has 0 aliphatic carbocycles. The number of ether oxygens (including phenoxy) is 1. The second-order valence-corrected chi connectivity index (χ2v) is 4.76. The second-order valence-electron chi connectivity index (χ2n) is 4.76. The van der Waals surface area contributed by atoms with Crippen molar-refractivity contribution in [1.82, 2.24) is 19.9 Å². The number of methoxy groups -OCH3 is 1. The molecule has 0 spiro atoms. The van der Waals surface area contributed by atoms with E-state index >= 15 is 0 Å². The van der Waals surface area contributed by atoms with Crippen molar-refractivity contribution in [3.8, 4) is 0 Å². The van der Waals surface area contributed by atoms with Crippen molar-refractivity contribution >= 4 is 28.6 Å². The van der Waals surface area contributed by atoms with E-state index in [0.717, 1.165) is 0 Å². The summed E-state index contributed by atoms with van der Waals surface area (Å²) >= 11 is 0. The molecule has 0 amide bonds. The quantitative estimate of drug-likeness (QED) is 0.578. The fraction of sp³-hybridized carbons (Fsp3) is 0.538. The van der Waals surface area contributed by atoms with Crippen molar-refractivity contribution in [3.63, 3.8) is 0 Å². The lowest BCUT2D eigenvalue weighted by Gasteiger charge is -2.15. The summed E-state index contributed by atoms with van der Waals surface area (Å²) < 4.78 is 5.04. The van der Waals surface area contributed by atoms with E-state index in [9.17, 15) is 0 Å². The number of nitrogens with zero attached hydrogens (tertiary/aromatic N) is 5. The molecule has 0 fully saturated rings. The molecule has 0 unspecified atom stereocenters. The third-order valence-corrected chi connectivity index (χ3v) is 2.87. The van der Waals surface area contributed by atoms with Gasteiger partial charge in [0, 0.05) is 34.3 Å². The molecule has 0 bridgehead atoms. The average molecular weight is 307 g/mol. The zero-order valence-corrected chi connectivity index (χ0v) is 13.0. The normalized spacial score (nSPS) is 10.7.